The minimum Gasteiger partial charge on any atom is -0.309 e. The Labute approximate surface area is 111 Å². The van der Waals surface area contributed by atoms with Crippen LogP contribution in [0, 0.1) is 12.3 Å². The molecule has 96 valence electrons. The van der Waals surface area contributed by atoms with E-state index in [0.717, 1.165) is 23.6 Å². The summed E-state index contributed by atoms with van der Waals surface area (Å²) in [6.45, 7) is 12.0. The predicted octanol–water partition coefficient (Wildman–Crippen LogP) is 4.74. The Hall–Kier alpha value is -0.530. The van der Waals surface area contributed by atoms with Gasteiger partial charge in [0.1, 0.15) is 0 Å². The van der Waals surface area contributed by atoms with Crippen LogP contribution in [-0.4, -0.2) is 6.54 Å². The number of hydrogen-bond donors (Lipinski definition) is 1. The molecular weight excluding hydrogens is 230 g/mol. The van der Waals surface area contributed by atoms with Crippen molar-refractivity contribution in [1.82, 2.24) is 5.32 Å². The van der Waals surface area contributed by atoms with Crippen LogP contribution in [0.2, 0.25) is 5.02 Å². The fourth-order valence-corrected chi connectivity index (χ4v) is 2.19. The van der Waals surface area contributed by atoms with E-state index >= 15 is 0 Å². The van der Waals surface area contributed by atoms with Crippen molar-refractivity contribution in [2.24, 2.45) is 5.41 Å². The Balaban J connectivity index is 3.00. The molecule has 1 unspecified atom stereocenters. The first-order chi connectivity index (χ1) is 7.86. The first-order valence-corrected chi connectivity index (χ1v) is 6.73. The normalized spacial score (nSPS) is 13.8. The highest BCUT2D eigenvalue weighted by Gasteiger charge is 2.25. The SMILES string of the molecule is CCCNC(c1ccc(C)c(Cl)c1)C(C)(C)C. The third-order valence-electron chi connectivity index (χ3n) is 2.99. The largest absolute Gasteiger partial charge is 0.309 e. The van der Waals surface area contributed by atoms with Crippen LogP contribution in [0.25, 0.3) is 0 Å². The maximum atomic E-state index is 6.21. The van der Waals surface area contributed by atoms with Gasteiger partial charge in [0.15, 0.2) is 0 Å². The van der Waals surface area contributed by atoms with Crippen LogP contribution in [0.5, 0.6) is 0 Å². The molecule has 1 aromatic carbocycles. The molecule has 0 radical (unpaired) electrons. The van der Waals surface area contributed by atoms with Gasteiger partial charge in [0, 0.05) is 11.1 Å². The van der Waals surface area contributed by atoms with Gasteiger partial charge in [-0.15, -0.1) is 0 Å². The number of aryl methyl sites for hydroxylation is 1. The number of rotatable bonds is 4. The summed E-state index contributed by atoms with van der Waals surface area (Å²) in [4.78, 5) is 0. The van der Waals surface area contributed by atoms with E-state index in [0.29, 0.717) is 6.04 Å². The standard InChI is InChI=1S/C15H24ClN/c1-6-9-17-14(15(3,4)5)12-8-7-11(2)13(16)10-12/h7-8,10,14,17H,6,9H2,1-5H3. The summed E-state index contributed by atoms with van der Waals surface area (Å²) in [7, 11) is 0. The lowest BCUT2D eigenvalue weighted by Crippen LogP contribution is -2.32. The molecule has 0 saturated carbocycles. The fourth-order valence-electron chi connectivity index (χ4n) is 2.00. The average Bonchev–Trinajstić information content (AvgIpc) is 2.22. The second kappa shape index (κ2) is 5.88. The van der Waals surface area contributed by atoms with Gasteiger partial charge in [-0.3, -0.25) is 0 Å². The van der Waals surface area contributed by atoms with Crippen LogP contribution in [0.4, 0.5) is 0 Å². The lowest BCUT2D eigenvalue weighted by Gasteiger charge is -2.32. The second-order valence-corrected chi connectivity index (χ2v) is 6.17. The van der Waals surface area contributed by atoms with Crippen LogP contribution < -0.4 is 5.32 Å². The lowest BCUT2D eigenvalue weighted by atomic mass is 9.82. The number of hydrogen-bond acceptors (Lipinski definition) is 1. The zero-order chi connectivity index (χ0) is 13.1. The molecule has 0 spiro atoms. The van der Waals surface area contributed by atoms with Crippen LogP contribution in [0.3, 0.4) is 0 Å². The van der Waals surface area contributed by atoms with Crippen LogP contribution >= 0.6 is 11.6 Å². The van der Waals surface area contributed by atoms with E-state index in [-0.39, 0.29) is 5.41 Å². The monoisotopic (exact) mass is 253 g/mol. The van der Waals surface area contributed by atoms with E-state index in [9.17, 15) is 0 Å². The maximum Gasteiger partial charge on any atom is 0.0438 e. The van der Waals surface area contributed by atoms with Crippen LogP contribution in [0.15, 0.2) is 18.2 Å². The molecule has 0 fully saturated rings. The quantitative estimate of drug-likeness (QED) is 0.818. The Kier molecular flexibility index (Phi) is 5.03. The van der Waals surface area contributed by atoms with Crippen LogP contribution in [0.1, 0.15) is 51.3 Å². The molecule has 0 aromatic heterocycles. The second-order valence-electron chi connectivity index (χ2n) is 5.76. The van der Waals surface area contributed by atoms with Crippen molar-refractivity contribution in [3.05, 3.63) is 34.3 Å². The molecular formula is C15H24ClN. The van der Waals surface area contributed by atoms with E-state index < -0.39 is 0 Å². The summed E-state index contributed by atoms with van der Waals surface area (Å²) in [6.07, 6.45) is 1.15. The zero-order valence-electron chi connectivity index (χ0n) is 11.6. The minimum absolute atomic E-state index is 0.188. The van der Waals surface area contributed by atoms with Crippen molar-refractivity contribution < 1.29 is 0 Å². The first-order valence-electron chi connectivity index (χ1n) is 6.35. The van der Waals surface area contributed by atoms with E-state index in [4.69, 9.17) is 11.6 Å². The van der Waals surface area contributed by atoms with Gasteiger partial charge in [0.2, 0.25) is 0 Å². The van der Waals surface area contributed by atoms with E-state index in [1.54, 1.807) is 0 Å². The van der Waals surface area contributed by atoms with Crippen molar-refractivity contribution >= 4 is 11.6 Å². The average molecular weight is 254 g/mol. The predicted molar refractivity (Wildman–Crippen MR) is 76.7 cm³/mol. The highest BCUT2D eigenvalue weighted by molar-refractivity contribution is 6.31. The number of nitrogens with one attached hydrogen (secondary N) is 1. The van der Waals surface area contributed by atoms with Gasteiger partial charge in [-0.1, -0.05) is 51.4 Å². The van der Waals surface area contributed by atoms with Gasteiger partial charge >= 0.3 is 0 Å². The highest BCUT2D eigenvalue weighted by atomic mass is 35.5. The summed E-state index contributed by atoms with van der Waals surface area (Å²) in [5, 5.41) is 4.47. The van der Waals surface area contributed by atoms with Crippen molar-refractivity contribution in [3.8, 4) is 0 Å². The van der Waals surface area contributed by atoms with Gasteiger partial charge < -0.3 is 5.32 Å². The molecule has 1 nitrogen and oxygen atoms in total. The summed E-state index contributed by atoms with van der Waals surface area (Å²) >= 11 is 6.21. The molecule has 0 saturated heterocycles. The summed E-state index contributed by atoms with van der Waals surface area (Å²) in [6, 6.07) is 6.72. The van der Waals surface area contributed by atoms with Gasteiger partial charge in [-0.25, -0.2) is 0 Å². The Bertz CT molecular complexity index is 366. The van der Waals surface area contributed by atoms with Gasteiger partial charge in [0.25, 0.3) is 0 Å². The van der Waals surface area contributed by atoms with E-state index in [1.807, 2.05) is 6.92 Å². The molecule has 1 rings (SSSR count). The van der Waals surface area contributed by atoms with Gasteiger partial charge in [-0.2, -0.15) is 0 Å². The van der Waals surface area contributed by atoms with Gasteiger partial charge in [0.05, 0.1) is 0 Å². The van der Waals surface area contributed by atoms with Crippen molar-refractivity contribution in [1.29, 1.82) is 0 Å². The van der Waals surface area contributed by atoms with Crippen molar-refractivity contribution in [2.75, 3.05) is 6.54 Å². The zero-order valence-corrected chi connectivity index (χ0v) is 12.4. The Morgan fingerprint density at radius 3 is 2.41 bits per heavy atom. The lowest BCUT2D eigenvalue weighted by molar-refractivity contribution is 0.273. The molecule has 17 heavy (non-hydrogen) atoms. The number of benzene rings is 1. The smallest absolute Gasteiger partial charge is 0.0438 e. The summed E-state index contributed by atoms with van der Waals surface area (Å²) < 4.78 is 0. The highest BCUT2D eigenvalue weighted by Crippen LogP contribution is 2.34. The van der Waals surface area contributed by atoms with E-state index in [1.165, 1.54) is 5.56 Å². The van der Waals surface area contributed by atoms with E-state index in [2.05, 4.69) is 51.2 Å². The summed E-state index contributed by atoms with van der Waals surface area (Å²) in [5.74, 6) is 0. The molecule has 0 amide bonds. The van der Waals surface area contributed by atoms with Crippen LogP contribution in [-0.2, 0) is 0 Å². The molecule has 1 N–H and O–H groups in total. The molecule has 1 atom stereocenters. The molecule has 0 aliphatic carbocycles. The Morgan fingerprint density at radius 1 is 1.29 bits per heavy atom. The third kappa shape index (κ3) is 4.01. The molecule has 0 aliphatic heterocycles. The maximum absolute atomic E-state index is 6.21. The summed E-state index contributed by atoms with van der Waals surface area (Å²) in [5.41, 5.74) is 2.61. The Morgan fingerprint density at radius 2 is 1.94 bits per heavy atom. The third-order valence-corrected chi connectivity index (χ3v) is 3.40. The van der Waals surface area contributed by atoms with Crippen molar-refractivity contribution in [2.45, 2.75) is 47.1 Å². The minimum atomic E-state index is 0.188. The molecule has 1 aromatic rings. The molecule has 0 aliphatic rings. The fraction of sp³-hybridized carbons (Fsp3) is 0.600. The molecule has 0 heterocycles. The van der Waals surface area contributed by atoms with Gasteiger partial charge in [-0.05, 0) is 42.5 Å². The number of halogens is 1. The molecule has 0 bridgehead atoms. The topological polar surface area (TPSA) is 12.0 Å². The van der Waals surface area contributed by atoms with Crippen molar-refractivity contribution in [3.63, 3.8) is 0 Å². The first kappa shape index (κ1) is 14.5. The molecule has 2 heteroatoms.